The maximum atomic E-state index is 8.25. The summed E-state index contributed by atoms with van der Waals surface area (Å²) in [6.45, 7) is 0. The average Bonchev–Trinajstić information content (AvgIpc) is 0.811. The van der Waals surface area contributed by atoms with E-state index in [2.05, 4.69) is 0 Å². The van der Waals surface area contributed by atoms with Crippen molar-refractivity contribution in [1.29, 1.82) is 0 Å². The molecule has 0 aromatic carbocycles. The van der Waals surface area contributed by atoms with Gasteiger partial charge in [0, 0.05) is 98.8 Å². The predicted octanol–water partition coefficient (Wildman–Crippen LogP) is -1.06. The van der Waals surface area contributed by atoms with E-state index in [1.54, 1.807) is 0 Å². The number of rotatable bonds is 0. The molecule has 0 saturated heterocycles. The molecule has 0 amide bonds. The van der Waals surface area contributed by atoms with Crippen LogP contribution in [0.1, 0.15) is 0 Å². The van der Waals surface area contributed by atoms with Gasteiger partial charge < -0.3 is 20.8 Å². The Balaban J connectivity index is -0.0000000150. The van der Waals surface area contributed by atoms with Gasteiger partial charge in [-0.1, -0.05) is 0 Å². The van der Waals surface area contributed by atoms with Gasteiger partial charge >= 0.3 is 0 Å². The molecule has 0 aliphatic heterocycles. The molecular weight excluding hydrogens is 382 g/mol. The van der Waals surface area contributed by atoms with Gasteiger partial charge in [0.2, 0.25) is 0 Å². The third kappa shape index (κ3) is 61.5. The van der Waals surface area contributed by atoms with Crippen LogP contribution in [0.3, 0.4) is 0 Å². The Hall–Kier alpha value is 2.33. The molecule has 0 bridgehead atoms. The number of hydrogen-bond acceptors (Lipinski definition) is 3. The fourth-order valence-electron chi connectivity index (χ4n) is 0. The molecule has 0 aliphatic rings. The molecule has 2 N–H and O–H groups in total. The third-order valence-corrected chi connectivity index (χ3v) is 0. The zero-order valence-corrected chi connectivity index (χ0v) is 7.78. The molecule has 0 saturated carbocycles. The Kier molecular flexibility index (Phi) is 51.3. The summed E-state index contributed by atoms with van der Waals surface area (Å²) in [6, 6.07) is 0. The second kappa shape index (κ2) is 15.8. The van der Waals surface area contributed by atoms with Crippen LogP contribution in [0.2, 0.25) is 0 Å². The summed E-state index contributed by atoms with van der Waals surface area (Å²) < 4.78 is 0. The fourth-order valence-corrected chi connectivity index (χ4v) is 0. The Morgan fingerprint density at radius 2 is 1.14 bits per heavy atom. The van der Waals surface area contributed by atoms with Crippen molar-refractivity contribution in [2.24, 2.45) is 0 Å². The first kappa shape index (κ1) is 22.8. The zero-order valence-electron chi connectivity index (χ0n) is 2.93. The molecule has 5 nitrogen and oxygen atoms in total. The molecule has 0 rings (SSSR count). The maximum Gasteiger partial charge on any atom is 0.0689 e. The van der Waals surface area contributed by atoms with Crippen molar-refractivity contribution >= 4 is 0 Å². The molecule has 0 aromatic heterocycles. The van der Waals surface area contributed by atoms with Gasteiger partial charge in [-0.25, -0.2) is 0 Å². The summed E-state index contributed by atoms with van der Waals surface area (Å²) in [7, 11) is 0. The van der Waals surface area contributed by atoms with E-state index in [9.17, 15) is 0 Å². The van der Waals surface area contributed by atoms with Crippen LogP contribution in [0.5, 0.6) is 0 Å². The van der Waals surface area contributed by atoms with Gasteiger partial charge in [-0.2, -0.15) is 0 Å². The summed E-state index contributed by atoms with van der Waals surface area (Å²) in [4.78, 5) is 8.25. The first-order valence-electron chi connectivity index (χ1n) is 0.548. The van der Waals surface area contributed by atoms with Gasteiger partial charge in [-0.05, 0) is 0 Å². The maximum absolute atomic E-state index is 8.25. The minimum absolute atomic E-state index is 0. The summed E-state index contributed by atoms with van der Waals surface area (Å²) >= 11 is 0. The molecule has 7 heteroatoms. The van der Waals surface area contributed by atoms with E-state index >= 15 is 0 Å². The molecule has 0 spiro atoms. The van der Waals surface area contributed by atoms with Gasteiger partial charge in [-0.3, -0.25) is 0 Å². The Bertz CT molecular complexity index is 32.7. The quantitative estimate of drug-likeness (QED) is 0.393. The van der Waals surface area contributed by atoms with Gasteiger partial charge in [0.25, 0.3) is 0 Å². The van der Waals surface area contributed by atoms with Crippen molar-refractivity contribution in [3.63, 3.8) is 0 Å². The number of hydrogen-bond donors (Lipinski definition) is 0. The van der Waals surface area contributed by atoms with Gasteiger partial charge in [-0.15, -0.1) is 0 Å². The Labute approximate surface area is 121 Å². The molecule has 0 fully saturated rings. The fraction of sp³-hybridized carbons (Fsp3) is 0. The van der Waals surface area contributed by atoms with Gasteiger partial charge in [0.1, 0.15) is 0 Å². The first-order chi connectivity index (χ1) is 1.73. The largest absolute Gasteiger partial charge is 0.412 e. The zero-order chi connectivity index (χ0) is 3.58. The smallest absolute Gasteiger partial charge is 0.0689 e. The van der Waals surface area contributed by atoms with Crippen LogP contribution in [-0.4, -0.2) is 10.6 Å². The molecule has 0 unspecified atom stereocenters. The van der Waals surface area contributed by atoms with E-state index in [0.29, 0.717) is 0 Å². The summed E-state index contributed by atoms with van der Waals surface area (Å²) in [5.41, 5.74) is 0. The van der Waals surface area contributed by atoms with Crippen molar-refractivity contribution in [3.8, 4) is 0 Å². The third-order valence-electron chi connectivity index (χ3n) is 0. The molecular formula is H2Eu2NO4-. The molecule has 0 heterocycles. The molecule has 2 radical (unpaired) electrons. The van der Waals surface area contributed by atoms with Crippen LogP contribution in [0.15, 0.2) is 0 Å². The van der Waals surface area contributed by atoms with E-state index in [0.717, 1.165) is 0 Å². The normalized spacial score (nSPS) is 3.43. The SMILES string of the molecule is O.O=[N+]([O-])[O-].[Eu].[Eu]. The van der Waals surface area contributed by atoms with Gasteiger partial charge in [0.05, 0.1) is 5.09 Å². The van der Waals surface area contributed by atoms with Crippen molar-refractivity contribution in [3.05, 3.63) is 15.3 Å². The standard InChI is InChI=1S/2Eu.NO3.H2O/c;;2-1(3)4;/h;;;1H2/q;;-1;. The minimum atomic E-state index is -1.75. The van der Waals surface area contributed by atoms with Crippen molar-refractivity contribution in [2.75, 3.05) is 0 Å². The van der Waals surface area contributed by atoms with E-state index in [1.807, 2.05) is 0 Å². The summed E-state index contributed by atoms with van der Waals surface area (Å²) in [5.74, 6) is 0. The molecule has 0 aliphatic carbocycles. The van der Waals surface area contributed by atoms with E-state index in [4.69, 9.17) is 15.3 Å². The molecule has 0 atom stereocenters. The van der Waals surface area contributed by atoms with E-state index in [-0.39, 0.29) is 104 Å². The molecule has 46 valence electrons. The van der Waals surface area contributed by atoms with Crippen LogP contribution >= 0.6 is 0 Å². The van der Waals surface area contributed by atoms with Crippen LogP contribution in [0.4, 0.5) is 0 Å². The van der Waals surface area contributed by atoms with Crippen LogP contribution in [0.25, 0.3) is 0 Å². The van der Waals surface area contributed by atoms with E-state index in [1.165, 1.54) is 0 Å². The topological polar surface area (TPSA) is 97.7 Å². The predicted molar refractivity (Wildman–Crippen MR) is 14.0 cm³/mol. The summed E-state index contributed by atoms with van der Waals surface area (Å²) in [5, 5.41) is 14.8. The average molecular weight is 384 g/mol. The van der Waals surface area contributed by atoms with Crippen LogP contribution < -0.4 is 0 Å². The molecule has 0 aromatic rings. The van der Waals surface area contributed by atoms with Crippen molar-refractivity contribution < 1.29 is 109 Å². The monoisotopic (exact) mass is 386 g/mol. The van der Waals surface area contributed by atoms with Crippen LogP contribution in [0, 0.1) is 114 Å². The minimum Gasteiger partial charge on any atom is -0.412 e. The second-order valence-corrected chi connectivity index (χ2v) is 0.224. The molecule has 7 heavy (non-hydrogen) atoms. The summed E-state index contributed by atoms with van der Waals surface area (Å²) in [6.07, 6.45) is 0. The second-order valence-electron chi connectivity index (χ2n) is 0.224. The first-order valence-corrected chi connectivity index (χ1v) is 0.548. The van der Waals surface area contributed by atoms with Crippen molar-refractivity contribution in [2.45, 2.75) is 0 Å². The Morgan fingerprint density at radius 3 is 1.14 bits per heavy atom. The van der Waals surface area contributed by atoms with Gasteiger partial charge in [0.15, 0.2) is 0 Å². The van der Waals surface area contributed by atoms with E-state index < -0.39 is 5.09 Å². The van der Waals surface area contributed by atoms with Crippen molar-refractivity contribution in [1.82, 2.24) is 0 Å². The van der Waals surface area contributed by atoms with Crippen LogP contribution in [-0.2, 0) is 0 Å². The Morgan fingerprint density at radius 1 is 1.14 bits per heavy atom. The number of nitrogens with zero attached hydrogens (tertiary/aromatic N) is 1.